The van der Waals surface area contributed by atoms with Gasteiger partial charge in [-0.2, -0.15) is 0 Å². The fourth-order valence-corrected chi connectivity index (χ4v) is 0.726. The minimum absolute atomic E-state index is 0.0567. The van der Waals surface area contributed by atoms with Crippen LogP contribution in [0, 0.1) is 6.42 Å². The van der Waals surface area contributed by atoms with E-state index in [4.69, 9.17) is 15.2 Å². The molecule has 0 aromatic carbocycles. The molecule has 9 heavy (non-hydrogen) atoms. The highest BCUT2D eigenvalue weighted by molar-refractivity contribution is 4.70. The molecule has 1 radical (unpaired) electrons. The molecule has 0 aromatic rings. The van der Waals surface area contributed by atoms with Crippen LogP contribution in [-0.2, 0) is 9.47 Å². The first-order valence-electron chi connectivity index (χ1n) is 3.11. The van der Waals surface area contributed by atoms with E-state index in [9.17, 15) is 0 Å². The summed E-state index contributed by atoms with van der Waals surface area (Å²) in [5.41, 5.74) is 5.49. The Morgan fingerprint density at radius 1 is 1.44 bits per heavy atom. The Morgan fingerprint density at radius 2 is 2.00 bits per heavy atom. The molecular formula is C6H12NO2. The van der Waals surface area contributed by atoms with Crippen molar-refractivity contribution in [2.75, 3.05) is 13.2 Å². The molecule has 0 unspecified atom stereocenters. The van der Waals surface area contributed by atoms with Crippen molar-refractivity contribution in [3.63, 3.8) is 0 Å². The van der Waals surface area contributed by atoms with Gasteiger partial charge in [0.1, 0.15) is 0 Å². The third-order valence-electron chi connectivity index (χ3n) is 1.22. The van der Waals surface area contributed by atoms with Gasteiger partial charge in [0, 0.05) is 6.42 Å². The third-order valence-corrected chi connectivity index (χ3v) is 1.22. The van der Waals surface area contributed by atoms with Gasteiger partial charge >= 0.3 is 0 Å². The molecule has 0 aliphatic carbocycles. The zero-order valence-corrected chi connectivity index (χ0v) is 5.54. The molecule has 1 aliphatic rings. The standard InChI is InChI=1S/C6H12NO2/c1-2-6-8-3-5(7)4-9-6/h2,5-6H,3-4,7H2,1H3. The fourth-order valence-electron chi connectivity index (χ4n) is 0.726. The van der Waals surface area contributed by atoms with Crippen molar-refractivity contribution in [2.45, 2.75) is 19.3 Å². The van der Waals surface area contributed by atoms with Crippen molar-refractivity contribution in [1.29, 1.82) is 0 Å². The number of nitrogens with two attached hydrogens (primary N) is 1. The maximum Gasteiger partial charge on any atom is 0.160 e. The van der Waals surface area contributed by atoms with E-state index in [1.54, 1.807) is 0 Å². The summed E-state index contributed by atoms with van der Waals surface area (Å²) in [6, 6.07) is 0.0567. The van der Waals surface area contributed by atoms with Crippen molar-refractivity contribution in [3.05, 3.63) is 6.42 Å². The van der Waals surface area contributed by atoms with E-state index in [-0.39, 0.29) is 12.3 Å². The maximum absolute atomic E-state index is 5.49. The predicted molar refractivity (Wildman–Crippen MR) is 33.6 cm³/mol. The third kappa shape index (κ3) is 1.93. The second-order valence-electron chi connectivity index (χ2n) is 2.13. The van der Waals surface area contributed by atoms with E-state index >= 15 is 0 Å². The summed E-state index contributed by atoms with van der Waals surface area (Å²) in [5, 5.41) is 0. The molecule has 0 atom stereocenters. The molecule has 1 heterocycles. The molecular weight excluding hydrogens is 118 g/mol. The summed E-state index contributed by atoms with van der Waals surface area (Å²) in [6.45, 7) is 3.12. The summed E-state index contributed by atoms with van der Waals surface area (Å²) in [6.07, 6.45) is 1.73. The van der Waals surface area contributed by atoms with Gasteiger partial charge in [0.2, 0.25) is 0 Å². The van der Waals surface area contributed by atoms with Crippen molar-refractivity contribution in [3.8, 4) is 0 Å². The van der Waals surface area contributed by atoms with Gasteiger partial charge in [0.05, 0.1) is 19.3 Å². The zero-order chi connectivity index (χ0) is 6.69. The molecule has 0 saturated carbocycles. The van der Waals surface area contributed by atoms with Gasteiger partial charge in [-0.25, -0.2) is 0 Å². The molecule has 3 nitrogen and oxygen atoms in total. The Hall–Kier alpha value is -0.120. The highest BCUT2D eigenvalue weighted by Gasteiger charge is 2.16. The maximum atomic E-state index is 5.49. The first kappa shape index (κ1) is 6.99. The monoisotopic (exact) mass is 130 g/mol. The molecule has 1 fully saturated rings. The van der Waals surface area contributed by atoms with Crippen LogP contribution < -0.4 is 5.73 Å². The minimum atomic E-state index is -0.134. The van der Waals surface area contributed by atoms with Crippen LogP contribution in [0.5, 0.6) is 0 Å². The van der Waals surface area contributed by atoms with Crippen LogP contribution in [0.2, 0.25) is 0 Å². The van der Waals surface area contributed by atoms with E-state index in [0.717, 1.165) is 0 Å². The van der Waals surface area contributed by atoms with Crippen molar-refractivity contribution >= 4 is 0 Å². The normalized spacial score (nSPS) is 36.7. The minimum Gasteiger partial charge on any atom is -0.351 e. The van der Waals surface area contributed by atoms with E-state index in [1.165, 1.54) is 0 Å². The second-order valence-corrected chi connectivity index (χ2v) is 2.13. The Balaban J connectivity index is 2.18. The molecule has 1 aliphatic heterocycles. The SMILES string of the molecule is C[CH]C1OCC(N)CO1. The second kappa shape index (κ2) is 3.15. The van der Waals surface area contributed by atoms with Gasteiger partial charge in [0.15, 0.2) is 6.29 Å². The number of hydrogen-bond donors (Lipinski definition) is 1. The molecule has 53 valence electrons. The first-order valence-corrected chi connectivity index (χ1v) is 3.11. The number of ether oxygens (including phenoxy) is 2. The quantitative estimate of drug-likeness (QED) is 0.539. The van der Waals surface area contributed by atoms with Crippen molar-refractivity contribution in [2.24, 2.45) is 5.73 Å². The van der Waals surface area contributed by atoms with Gasteiger partial charge < -0.3 is 15.2 Å². The van der Waals surface area contributed by atoms with Gasteiger partial charge in [-0.15, -0.1) is 0 Å². The molecule has 0 bridgehead atoms. The summed E-state index contributed by atoms with van der Waals surface area (Å²) >= 11 is 0. The van der Waals surface area contributed by atoms with Crippen LogP contribution in [-0.4, -0.2) is 25.5 Å². The molecule has 2 N–H and O–H groups in total. The number of rotatable bonds is 1. The summed E-state index contributed by atoms with van der Waals surface area (Å²) in [5.74, 6) is 0. The lowest BCUT2D eigenvalue weighted by Gasteiger charge is -2.25. The van der Waals surface area contributed by atoms with Crippen LogP contribution in [0.3, 0.4) is 0 Å². The van der Waals surface area contributed by atoms with Gasteiger partial charge in [-0.3, -0.25) is 0 Å². The molecule has 1 rings (SSSR count). The van der Waals surface area contributed by atoms with Gasteiger partial charge in [-0.05, 0) is 0 Å². The van der Waals surface area contributed by atoms with Gasteiger partial charge in [-0.1, -0.05) is 6.92 Å². The van der Waals surface area contributed by atoms with E-state index in [1.807, 2.05) is 13.3 Å². The lowest BCUT2D eigenvalue weighted by atomic mass is 10.3. The summed E-state index contributed by atoms with van der Waals surface area (Å²) in [7, 11) is 0. The van der Waals surface area contributed by atoms with Crippen LogP contribution >= 0.6 is 0 Å². The predicted octanol–water partition coefficient (Wildman–Crippen LogP) is -0.0892. The summed E-state index contributed by atoms with van der Waals surface area (Å²) < 4.78 is 10.3. The lowest BCUT2D eigenvalue weighted by molar-refractivity contribution is -0.166. The lowest BCUT2D eigenvalue weighted by Crippen LogP contribution is -2.40. The average molecular weight is 130 g/mol. The molecule has 1 saturated heterocycles. The molecule has 0 aromatic heterocycles. The Bertz CT molecular complexity index is 79.1. The van der Waals surface area contributed by atoms with Crippen molar-refractivity contribution in [1.82, 2.24) is 0 Å². The average Bonchev–Trinajstić information content (AvgIpc) is 1.90. The molecule has 0 amide bonds. The number of hydrogen-bond acceptors (Lipinski definition) is 3. The van der Waals surface area contributed by atoms with Crippen LogP contribution in [0.4, 0.5) is 0 Å². The fraction of sp³-hybridized carbons (Fsp3) is 0.833. The Labute approximate surface area is 55.1 Å². The van der Waals surface area contributed by atoms with Crippen molar-refractivity contribution < 1.29 is 9.47 Å². The Kier molecular flexibility index (Phi) is 2.45. The topological polar surface area (TPSA) is 44.5 Å². The van der Waals surface area contributed by atoms with E-state index in [2.05, 4.69) is 0 Å². The molecule has 3 heteroatoms. The summed E-state index contributed by atoms with van der Waals surface area (Å²) in [4.78, 5) is 0. The highest BCUT2D eigenvalue weighted by Crippen LogP contribution is 2.05. The van der Waals surface area contributed by atoms with Crippen LogP contribution in [0.25, 0.3) is 0 Å². The van der Waals surface area contributed by atoms with Gasteiger partial charge in [0.25, 0.3) is 0 Å². The Morgan fingerprint density at radius 3 is 2.44 bits per heavy atom. The van der Waals surface area contributed by atoms with E-state index < -0.39 is 0 Å². The largest absolute Gasteiger partial charge is 0.351 e. The smallest absolute Gasteiger partial charge is 0.160 e. The first-order chi connectivity index (χ1) is 4.33. The van der Waals surface area contributed by atoms with Crippen LogP contribution in [0.15, 0.2) is 0 Å². The van der Waals surface area contributed by atoms with E-state index in [0.29, 0.717) is 13.2 Å². The van der Waals surface area contributed by atoms with Crippen LogP contribution in [0.1, 0.15) is 6.92 Å². The molecule has 0 spiro atoms. The highest BCUT2D eigenvalue weighted by atomic mass is 16.7. The zero-order valence-electron chi connectivity index (χ0n) is 5.54.